The second-order valence-electron chi connectivity index (χ2n) is 1.74. The van der Waals surface area contributed by atoms with Crippen molar-refractivity contribution in [1.29, 1.82) is 0 Å². The SMILES string of the molecule is C=COC(=O)OCC[SiH2]C. The standard InChI is InChI=1S/C6H12O3Si/c1-3-8-6(7)9-4-5-10-2/h3H,1,4-5,10H2,2H3. The van der Waals surface area contributed by atoms with E-state index in [2.05, 4.69) is 22.6 Å². The molecule has 0 rings (SSSR count). The van der Waals surface area contributed by atoms with Gasteiger partial charge in [-0.15, -0.1) is 0 Å². The first-order valence-corrected chi connectivity index (χ1v) is 5.67. The Morgan fingerprint density at radius 1 is 1.80 bits per heavy atom. The van der Waals surface area contributed by atoms with Gasteiger partial charge < -0.3 is 9.47 Å². The minimum absolute atomic E-state index is 0.00153. The number of rotatable bonds is 4. The molecule has 0 N–H and O–H groups in total. The van der Waals surface area contributed by atoms with Crippen molar-refractivity contribution >= 4 is 15.7 Å². The zero-order chi connectivity index (χ0) is 7.82. The summed E-state index contributed by atoms with van der Waals surface area (Å²) in [6, 6.07) is 1.01. The Morgan fingerprint density at radius 2 is 2.50 bits per heavy atom. The minimum Gasteiger partial charge on any atom is -0.434 e. The van der Waals surface area contributed by atoms with E-state index >= 15 is 0 Å². The van der Waals surface area contributed by atoms with Gasteiger partial charge >= 0.3 is 6.16 Å². The molecule has 0 spiro atoms. The molecule has 0 saturated carbocycles. The van der Waals surface area contributed by atoms with Gasteiger partial charge in [-0.25, -0.2) is 4.79 Å². The van der Waals surface area contributed by atoms with Crippen LogP contribution in [-0.4, -0.2) is 22.3 Å². The lowest BCUT2D eigenvalue weighted by Crippen LogP contribution is -2.05. The van der Waals surface area contributed by atoms with Crippen molar-refractivity contribution in [2.24, 2.45) is 0 Å². The molecular weight excluding hydrogens is 148 g/mol. The zero-order valence-electron chi connectivity index (χ0n) is 6.13. The fourth-order valence-corrected chi connectivity index (χ4v) is 0.835. The molecule has 0 aliphatic heterocycles. The second kappa shape index (κ2) is 6.35. The largest absolute Gasteiger partial charge is 0.513 e. The molecule has 0 heterocycles. The van der Waals surface area contributed by atoms with E-state index in [-0.39, 0.29) is 9.52 Å². The quantitative estimate of drug-likeness (QED) is 0.265. The second-order valence-corrected chi connectivity index (χ2v) is 3.44. The van der Waals surface area contributed by atoms with E-state index in [1.54, 1.807) is 0 Å². The van der Waals surface area contributed by atoms with Crippen LogP contribution < -0.4 is 0 Å². The van der Waals surface area contributed by atoms with Gasteiger partial charge in [0.15, 0.2) is 0 Å². The van der Waals surface area contributed by atoms with E-state index in [0.717, 1.165) is 12.3 Å². The van der Waals surface area contributed by atoms with Gasteiger partial charge in [-0.3, -0.25) is 0 Å². The predicted octanol–water partition coefficient (Wildman–Crippen LogP) is 0.918. The molecule has 0 amide bonds. The molecule has 0 aromatic heterocycles. The van der Waals surface area contributed by atoms with Crippen molar-refractivity contribution in [3.05, 3.63) is 12.8 Å². The lowest BCUT2D eigenvalue weighted by molar-refractivity contribution is 0.0896. The first kappa shape index (κ1) is 9.23. The Kier molecular flexibility index (Phi) is 5.86. The van der Waals surface area contributed by atoms with Crippen LogP contribution in [0.3, 0.4) is 0 Å². The van der Waals surface area contributed by atoms with Crippen LogP contribution in [0.1, 0.15) is 0 Å². The van der Waals surface area contributed by atoms with Gasteiger partial charge in [0.25, 0.3) is 0 Å². The number of carbonyl (C=O) groups is 1. The average molecular weight is 160 g/mol. The van der Waals surface area contributed by atoms with Crippen molar-refractivity contribution in [2.45, 2.75) is 12.6 Å². The highest BCUT2D eigenvalue weighted by molar-refractivity contribution is 6.33. The number of hydrogen-bond donors (Lipinski definition) is 0. The summed E-state index contributed by atoms with van der Waals surface area (Å²) in [6.07, 6.45) is 0.406. The molecule has 0 radical (unpaired) electrons. The van der Waals surface area contributed by atoms with Gasteiger partial charge in [0.05, 0.1) is 12.9 Å². The van der Waals surface area contributed by atoms with E-state index in [4.69, 9.17) is 0 Å². The van der Waals surface area contributed by atoms with Crippen LogP contribution in [0.25, 0.3) is 0 Å². The van der Waals surface area contributed by atoms with Crippen molar-refractivity contribution in [2.75, 3.05) is 6.61 Å². The number of ether oxygens (including phenoxy) is 2. The summed E-state index contributed by atoms with van der Waals surface area (Å²) >= 11 is 0. The summed E-state index contributed by atoms with van der Waals surface area (Å²) in [6.45, 7) is 5.85. The van der Waals surface area contributed by atoms with Gasteiger partial charge in [-0.05, 0) is 6.04 Å². The van der Waals surface area contributed by atoms with Gasteiger partial charge in [0.2, 0.25) is 0 Å². The van der Waals surface area contributed by atoms with Crippen molar-refractivity contribution in [3.63, 3.8) is 0 Å². The van der Waals surface area contributed by atoms with E-state index in [9.17, 15) is 4.79 Å². The minimum atomic E-state index is -0.655. The van der Waals surface area contributed by atoms with Crippen LogP contribution in [0.4, 0.5) is 4.79 Å². The molecule has 4 heteroatoms. The predicted molar refractivity (Wildman–Crippen MR) is 41.8 cm³/mol. The van der Waals surface area contributed by atoms with Crippen LogP contribution in [0, 0.1) is 0 Å². The molecule has 0 bridgehead atoms. The Morgan fingerprint density at radius 3 is 3.00 bits per heavy atom. The smallest absolute Gasteiger partial charge is 0.434 e. The average Bonchev–Trinajstić information content (AvgIpc) is 1.89. The van der Waals surface area contributed by atoms with Crippen LogP contribution >= 0.6 is 0 Å². The molecule has 0 fully saturated rings. The summed E-state index contributed by atoms with van der Waals surface area (Å²) in [5.74, 6) is 0. The van der Waals surface area contributed by atoms with Crippen LogP contribution in [0.5, 0.6) is 0 Å². The maximum atomic E-state index is 10.4. The zero-order valence-corrected chi connectivity index (χ0v) is 7.54. The topological polar surface area (TPSA) is 35.5 Å². The van der Waals surface area contributed by atoms with Crippen molar-refractivity contribution < 1.29 is 14.3 Å². The summed E-state index contributed by atoms with van der Waals surface area (Å²) < 4.78 is 8.93. The molecule has 0 aromatic rings. The molecule has 0 aliphatic carbocycles. The Balaban J connectivity index is 3.13. The highest BCUT2D eigenvalue weighted by Gasteiger charge is 1.98. The molecule has 3 nitrogen and oxygen atoms in total. The van der Waals surface area contributed by atoms with Crippen molar-refractivity contribution in [3.8, 4) is 0 Å². The third-order valence-electron chi connectivity index (χ3n) is 0.897. The third-order valence-corrected chi connectivity index (χ3v) is 1.89. The van der Waals surface area contributed by atoms with Gasteiger partial charge in [0, 0.05) is 9.52 Å². The lowest BCUT2D eigenvalue weighted by atomic mass is 10.8. The van der Waals surface area contributed by atoms with Crippen LogP contribution in [0.2, 0.25) is 12.6 Å². The Bertz CT molecular complexity index is 114. The molecular formula is C6H12O3Si. The molecule has 0 unspecified atom stereocenters. The normalized spacial score (nSPS) is 9.70. The monoisotopic (exact) mass is 160 g/mol. The maximum Gasteiger partial charge on any atom is 0.513 e. The molecule has 0 aliphatic rings. The van der Waals surface area contributed by atoms with E-state index in [1.165, 1.54) is 0 Å². The fourth-order valence-electron chi connectivity index (χ4n) is 0.402. The summed E-state index contributed by atoms with van der Waals surface area (Å²) in [7, 11) is -0.00153. The highest BCUT2D eigenvalue weighted by atomic mass is 28.2. The van der Waals surface area contributed by atoms with Crippen LogP contribution in [0.15, 0.2) is 12.8 Å². The van der Waals surface area contributed by atoms with Crippen molar-refractivity contribution in [1.82, 2.24) is 0 Å². The van der Waals surface area contributed by atoms with E-state index in [0.29, 0.717) is 6.61 Å². The molecule has 0 atom stereocenters. The first-order chi connectivity index (χ1) is 4.81. The maximum absolute atomic E-state index is 10.4. The van der Waals surface area contributed by atoms with Crippen LogP contribution in [-0.2, 0) is 9.47 Å². The molecule has 0 aromatic carbocycles. The number of carbonyl (C=O) groups excluding carboxylic acids is 1. The fraction of sp³-hybridized carbons (Fsp3) is 0.500. The van der Waals surface area contributed by atoms with Gasteiger partial charge in [-0.1, -0.05) is 13.1 Å². The van der Waals surface area contributed by atoms with Gasteiger partial charge in [0.1, 0.15) is 0 Å². The first-order valence-electron chi connectivity index (χ1n) is 3.25. The summed E-state index contributed by atoms with van der Waals surface area (Å²) in [5.41, 5.74) is 0. The Labute approximate surface area is 62.8 Å². The number of hydrogen-bond acceptors (Lipinski definition) is 3. The summed E-state index contributed by atoms with van der Waals surface area (Å²) in [4.78, 5) is 10.4. The molecule has 10 heavy (non-hydrogen) atoms. The summed E-state index contributed by atoms with van der Waals surface area (Å²) in [5, 5.41) is 0. The highest BCUT2D eigenvalue weighted by Crippen LogP contribution is 1.87. The van der Waals surface area contributed by atoms with E-state index in [1.807, 2.05) is 0 Å². The molecule has 58 valence electrons. The van der Waals surface area contributed by atoms with E-state index < -0.39 is 6.16 Å². The lowest BCUT2D eigenvalue weighted by Gasteiger charge is -1.99. The Hall–Kier alpha value is -0.773. The van der Waals surface area contributed by atoms with Gasteiger partial charge in [-0.2, -0.15) is 0 Å². The molecule has 0 saturated heterocycles. The third kappa shape index (κ3) is 5.37.